The maximum atomic E-state index is 12.3. The number of hydrogen-bond acceptors (Lipinski definition) is 3. The highest BCUT2D eigenvalue weighted by atomic mass is 35.5. The maximum absolute atomic E-state index is 12.3. The number of benzene rings is 1. The van der Waals surface area contributed by atoms with E-state index in [1.54, 1.807) is 13.1 Å². The Balaban J connectivity index is 2.50. The fourth-order valence-electron chi connectivity index (χ4n) is 2.56. The molecule has 0 spiro atoms. The van der Waals surface area contributed by atoms with Gasteiger partial charge >= 0.3 is 0 Å². The van der Waals surface area contributed by atoms with E-state index in [0.29, 0.717) is 17.9 Å². The molecule has 17 heavy (non-hydrogen) atoms. The quantitative estimate of drug-likeness (QED) is 0.846. The van der Waals surface area contributed by atoms with E-state index in [-0.39, 0.29) is 5.78 Å². The number of halogens is 1. The zero-order valence-corrected chi connectivity index (χ0v) is 10.5. The molecule has 4 heteroatoms. The number of rotatable bonds is 2. The summed E-state index contributed by atoms with van der Waals surface area (Å²) in [5.41, 5.74) is -0.0800. The molecule has 0 radical (unpaired) electrons. The minimum absolute atomic E-state index is 0.181. The lowest BCUT2D eigenvalue weighted by atomic mass is 9.74. The van der Waals surface area contributed by atoms with Gasteiger partial charge in [-0.1, -0.05) is 29.8 Å². The molecule has 1 aliphatic rings. The lowest BCUT2D eigenvalue weighted by Gasteiger charge is -2.38. The second-order valence-corrected chi connectivity index (χ2v) is 4.81. The van der Waals surface area contributed by atoms with Gasteiger partial charge in [0.25, 0.3) is 0 Å². The number of Topliss-reactive ketones (excluding diaryl/α,β-unsaturated/α-hetero) is 1. The van der Waals surface area contributed by atoms with Crippen LogP contribution in [0.25, 0.3) is 0 Å². The molecular formula is C13H16ClNO2. The Morgan fingerprint density at radius 2 is 2.18 bits per heavy atom. The average molecular weight is 254 g/mol. The van der Waals surface area contributed by atoms with Crippen molar-refractivity contribution < 1.29 is 9.90 Å². The molecule has 1 aromatic carbocycles. The zero-order valence-electron chi connectivity index (χ0n) is 9.74. The number of hydrogen-bond donors (Lipinski definition) is 2. The van der Waals surface area contributed by atoms with Gasteiger partial charge in [0, 0.05) is 5.02 Å². The van der Waals surface area contributed by atoms with Crippen molar-refractivity contribution in [3.05, 3.63) is 34.9 Å². The van der Waals surface area contributed by atoms with Crippen LogP contribution in [0.4, 0.5) is 0 Å². The molecule has 92 valence electrons. The minimum atomic E-state index is -0.896. The third-order valence-electron chi connectivity index (χ3n) is 3.51. The van der Waals surface area contributed by atoms with Crippen molar-refractivity contribution in [2.45, 2.75) is 30.9 Å². The zero-order chi connectivity index (χ0) is 12.5. The Morgan fingerprint density at radius 1 is 1.47 bits per heavy atom. The van der Waals surface area contributed by atoms with Crippen molar-refractivity contribution in [1.29, 1.82) is 0 Å². The van der Waals surface area contributed by atoms with Crippen LogP contribution in [-0.2, 0) is 10.3 Å². The molecule has 1 aliphatic carbocycles. The van der Waals surface area contributed by atoms with Crippen molar-refractivity contribution in [2.24, 2.45) is 0 Å². The Bertz CT molecular complexity index is 435. The highest BCUT2D eigenvalue weighted by Crippen LogP contribution is 2.37. The molecular weight excluding hydrogens is 238 g/mol. The van der Waals surface area contributed by atoms with Gasteiger partial charge in [0.15, 0.2) is 5.78 Å². The molecule has 3 nitrogen and oxygen atoms in total. The second-order valence-electron chi connectivity index (χ2n) is 4.41. The van der Waals surface area contributed by atoms with Crippen LogP contribution < -0.4 is 5.32 Å². The topological polar surface area (TPSA) is 49.3 Å². The van der Waals surface area contributed by atoms with Crippen LogP contribution in [-0.4, -0.2) is 24.0 Å². The summed E-state index contributed by atoms with van der Waals surface area (Å²) in [6.07, 6.45) is 1.11. The fraction of sp³-hybridized carbons (Fsp3) is 0.462. The number of aliphatic hydroxyl groups is 1. The summed E-state index contributed by atoms with van der Waals surface area (Å²) in [4.78, 5) is 12.3. The van der Waals surface area contributed by atoms with Crippen LogP contribution in [0.5, 0.6) is 0 Å². The number of carbonyl (C=O) groups excluding carboxylic acids is 1. The summed E-state index contributed by atoms with van der Waals surface area (Å²) in [5, 5.41) is 13.4. The molecule has 0 aliphatic heterocycles. The third kappa shape index (κ3) is 1.99. The molecule has 2 N–H and O–H groups in total. The number of carbonyl (C=O) groups is 1. The first-order chi connectivity index (χ1) is 8.12. The second kappa shape index (κ2) is 4.77. The number of aliphatic hydroxyl groups excluding tert-OH is 1. The lowest BCUT2D eigenvalue weighted by Crippen LogP contribution is -2.54. The molecule has 0 unspecified atom stereocenters. The van der Waals surface area contributed by atoms with Crippen LogP contribution in [0, 0.1) is 0 Å². The first kappa shape index (κ1) is 12.6. The van der Waals surface area contributed by atoms with Gasteiger partial charge in [-0.2, -0.15) is 0 Å². The Kier molecular flexibility index (Phi) is 3.52. The largest absolute Gasteiger partial charge is 0.385 e. The number of nitrogens with one attached hydrogen (secondary N) is 1. The van der Waals surface area contributed by atoms with Gasteiger partial charge in [-0.05, 0) is 37.9 Å². The van der Waals surface area contributed by atoms with E-state index >= 15 is 0 Å². The SMILES string of the molecule is CN[C@]1(c2ccccc2Cl)CCC[C@@H](O)C1=O. The summed E-state index contributed by atoms with van der Waals surface area (Å²) >= 11 is 6.17. The van der Waals surface area contributed by atoms with E-state index in [1.165, 1.54) is 0 Å². The van der Waals surface area contributed by atoms with Gasteiger partial charge in [0.2, 0.25) is 0 Å². The Hall–Kier alpha value is -0.900. The highest BCUT2D eigenvalue weighted by molar-refractivity contribution is 6.31. The van der Waals surface area contributed by atoms with Gasteiger partial charge < -0.3 is 10.4 Å². The number of likely N-dealkylation sites (N-methyl/N-ethyl adjacent to an activating group) is 1. The first-order valence-electron chi connectivity index (χ1n) is 5.78. The van der Waals surface area contributed by atoms with Gasteiger partial charge in [-0.25, -0.2) is 0 Å². The molecule has 0 saturated heterocycles. The van der Waals surface area contributed by atoms with E-state index in [1.807, 2.05) is 18.2 Å². The molecule has 1 saturated carbocycles. The van der Waals surface area contributed by atoms with E-state index in [2.05, 4.69) is 5.32 Å². The van der Waals surface area contributed by atoms with Gasteiger partial charge in [-0.3, -0.25) is 4.79 Å². The molecule has 2 atom stereocenters. The third-order valence-corrected chi connectivity index (χ3v) is 3.84. The molecule has 0 aromatic heterocycles. The summed E-state index contributed by atoms with van der Waals surface area (Å²) in [5.74, 6) is -0.181. The number of ketones is 1. The predicted molar refractivity (Wildman–Crippen MR) is 67.1 cm³/mol. The molecule has 0 bridgehead atoms. The normalized spacial score (nSPS) is 29.4. The van der Waals surface area contributed by atoms with Gasteiger partial charge in [0.05, 0.1) is 0 Å². The predicted octanol–water partition coefficient (Wildman–Crippen LogP) is 1.87. The van der Waals surface area contributed by atoms with Crippen molar-refractivity contribution in [3.8, 4) is 0 Å². The summed E-state index contributed by atoms with van der Waals surface area (Å²) in [7, 11) is 1.74. The summed E-state index contributed by atoms with van der Waals surface area (Å²) < 4.78 is 0. The smallest absolute Gasteiger partial charge is 0.185 e. The Morgan fingerprint density at radius 3 is 2.82 bits per heavy atom. The fourth-order valence-corrected chi connectivity index (χ4v) is 2.85. The Labute approximate surface area is 106 Å². The van der Waals surface area contributed by atoms with Crippen LogP contribution in [0.15, 0.2) is 24.3 Å². The van der Waals surface area contributed by atoms with Crippen molar-refractivity contribution in [2.75, 3.05) is 7.05 Å². The van der Waals surface area contributed by atoms with Crippen molar-refractivity contribution in [3.63, 3.8) is 0 Å². The van der Waals surface area contributed by atoms with Crippen molar-refractivity contribution >= 4 is 17.4 Å². The first-order valence-corrected chi connectivity index (χ1v) is 6.16. The van der Waals surface area contributed by atoms with Gasteiger partial charge in [0.1, 0.15) is 11.6 Å². The van der Waals surface area contributed by atoms with E-state index in [0.717, 1.165) is 12.0 Å². The molecule has 0 amide bonds. The monoisotopic (exact) mass is 253 g/mol. The van der Waals surface area contributed by atoms with Crippen LogP contribution in [0.3, 0.4) is 0 Å². The van der Waals surface area contributed by atoms with E-state index in [9.17, 15) is 9.90 Å². The molecule has 2 rings (SSSR count). The summed E-state index contributed by atoms with van der Waals surface area (Å²) in [6, 6.07) is 7.30. The van der Waals surface area contributed by atoms with Gasteiger partial charge in [-0.15, -0.1) is 0 Å². The average Bonchev–Trinajstić information content (AvgIpc) is 2.34. The molecule has 0 heterocycles. The van der Waals surface area contributed by atoms with Crippen molar-refractivity contribution in [1.82, 2.24) is 5.32 Å². The van der Waals surface area contributed by atoms with Crippen LogP contribution >= 0.6 is 11.6 Å². The molecule has 1 fully saturated rings. The standard InChI is InChI=1S/C13H16ClNO2/c1-15-13(8-4-7-11(16)12(13)17)9-5-2-3-6-10(9)14/h2-3,5-6,11,15-16H,4,7-8H2,1H3/t11-,13+/m1/s1. The van der Waals surface area contributed by atoms with Crippen LogP contribution in [0.2, 0.25) is 5.02 Å². The highest BCUT2D eigenvalue weighted by Gasteiger charge is 2.45. The summed E-state index contributed by atoms with van der Waals surface area (Å²) in [6.45, 7) is 0. The lowest BCUT2D eigenvalue weighted by molar-refractivity contribution is -0.137. The van der Waals surface area contributed by atoms with E-state index in [4.69, 9.17) is 11.6 Å². The minimum Gasteiger partial charge on any atom is -0.385 e. The molecule has 1 aromatic rings. The van der Waals surface area contributed by atoms with E-state index < -0.39 is 11.6 Å². The maximum Gasteiger partial charge on any atom is 0.185 e. The van der Waals surface area contributed by atoms with Crippen LogP contribution in [0.1, 0.15) is 24.8 Å².